The monoisotopic (exact) mass is 1490 g/mol. The average molecular weight is 1490 g/mol. The quantitative estimate of drug-likeness (QED) is 0.0152. The van der Waals surface area contributed by atoms with Crippen molar-refractivity contribution in [3.8, 4) is 46.0 Å². The first-order valence-electron chi connectivity index (χ1n) is 42.4. The van der Waals surface area contributed by atoms with Gasteiger partial charge in [0.05, 0.1) is 121 Å². The van der Waals surface area contributed by atoms with Crippen LogP contribution < -0.4 is 37.9 Å². The third-order valence-electron chi connectivity index (χ3n) is 20.5. The Morgan fingerprint density at radius 2 is 0.422 bits per heavy atom. The molecule has 0 spiro atoms. The van der Waals surface area contributed by atoms with Crippen LogP contribution in [-0.4, -0.2) is 97.9 Å². The van der Waals surface area contributed by atoms with Crippen molar-refractivity contribution in [2.75, 3.05) is 66.1 Å². The lowest BCUT2D eigenvalue weighted by atomic mass is 9.97. The van der Waals surface area contributed by atoms with E-state index in [2.05, 4.69) is 104 Å². The normalized spacial score (nSPS) is 11.7. The number of nitrogens with zero attached hydrogens (tertiary/aromatic N) is 4. The number of carbonyl (C=O) groups is 2. The Labute approximate surface area is 648 Å². The molecule has 0 radical (unpaired) electrons. The highest BCUT2D eigenvalue weighted by Gasteiger charge is 2.24. The summed E-state index contributed by atoms with van der Waals surface area (Å²) in [6, 6.07) is 27.3. The number of fused-ring (bicyclic) bond motifs is 14. The molecule has 10 rings (SSSR count). The van der Waals surface area contributed by atoms with E-state index in [1.807, 2.05) is 12.1 Å². The fourth-order valence-corrected chi connectivity index (χ4v) is 14.2. The first-order valence-corrected chi connectivity index (χ1v) is 42.4. The Balaban J connectivity index is 0.924. The van der Waals surface area contributed by atoms with Crippen LogP contribution in [0.4, 0.5) is 0 Å². The molecular formula is C93H124N4O12. The van der Waals surface area contributed by atoms with Gasteiger partial charge in [0, 0.05) is 28.0 Å². The van der Waals surface area contributed by atoms with Gasteiger partial charge in [-0.1, -0.05) is 209 Å². The zero-order valence-corrected chi connectivity index (χ0v) is 67.2. The molecular weight excluding hydrogens is 1370 g/mol. The Morgan fingerprint density at radius 1 is 0.220 bits per heavy atom. The van der Waals surface area contributed by atoms with E-state index in [0.29, 0.717) is 154 Å². The topological polar surface area (TPSA) is 178 Å². The minimum atomic E-state index is -0.531. The van der Waals surface area contributed by atoms with Gasteiger partial charge in [0.25, 0.3) is 0 Å². The van der Waals surface area contributed by atoms with Crippen molar-refractivity contribution in [3.05, 3.63) is 96.1 Å². The Kier molecular flexibility index (Phi) is 34.1. The molecule has 0 atom stereocenters. The summed E-state index contributed by atoms with van der Waals surface area (Å²) in [5.41, 5.74) is 5.63. The van der Waals surface area contributed by atoms with Crippen molar-refractivity contribution in [1.82, 2.24) is 19.9 Å². The maximum absolute atomic E-state index is 14.1. The van der Waals surface area contributed by atoms with Gasteiger partial charge in [0.2, 0.25) is 0 Å². The van der Waals surface area contributed by atoms with Crippen molar-refractivity contribution in [1.29, 1.82) is 0 Å². The predicted octanol–water partition coefficient (Wildman–Crippen LogP) is 25.6. The summed E-state index contributed by atoms with van der Waals surface area (Å²) in [7, 11) is 0. The predicted molar refractivity (Wildman–Crippen MR) is 446 cm³/mol. The first kappa shape index (κ1) is 82.8. The Bertz CT molecular complexity index is 4250. The van der Waals surface area contributed by atoms with E-state index in [4.69, 9.17) is 67.3 Å². The van der Waals surface area contributed by atoms with Gasteiger partial charge in [-0.3, -0.25) is 0 Å². The molecule has 0 saturated carbocycles. The van der Waals surface area contributed by atoms with Gasteiger partial charge in [-0.15, -0.1) is 0 Å². The number of benzene rings is 8. The summed E-state index contributed by atoms with van der Waals surface area (Å²) in [6.45, 7) is 22.3. The maximum Gasteiger partial charge on any atom is 0.338 e. The summed E-state index contributed by atoms with van der Waals surface area (Å²) >= 11 is 0. The zero-order valence-electron chi connectivity index (χ0n) is 67.2. The Hall–Kier alpha value is -8.66. The minimum absolute atomic E-state index is 0.00626. The molecule has 0 unspecified atom stereocenters. The highest BCUT2D eigenvalue weighted by Crippen LogP contribution is 2.47. The molecule has 8 aromatic carbocycles. The van der Waals surface area contributed by atoms with Crippen LogP contribution in [0.2, 0.25) is 0 Å². The van der Waals surface area contributed by atoms with Gasteiger partial charge in [-0.2, -0.15) is 0 Å². The van der Waals surface area contributed by atoms with E-state index < -0.39 is 11.9 Å². The number of unbranched alkanes of at least 4 members (excludes halogenated alkanes) is 24. The summed E-state index contributed by atoms with van der Waals surface area (Å²) < 4.78 is 65.0. The van der Waals surface area contributed by atoms with Crippen molar-refractivity contribution >= 4 is 99.2 Å². The third-order valence-corrected chi connectivity index (χ3v) is 20.5. The number of hydrogen-bond donors (Lipinski definition) is 0. The van der Waals surface area contributed by atoms with Crippen LogP contribution in [0.15, 0.2) is 84.9 Å². The second-order valence-electron chi connectivity index (χ2n) is 29.5. The highest BCUT2D eigenvalue weighted by atomic mass is 16.6. The zero-order chi connectivity index (χ0) is 76.4. The highest BCUT2D eigenvalue weighted by molar-refractivity contribution is 6.26. The average Bonchev–Trinajstić information content (AvgIpc) is 0.730. The molecule has 0 aliphatic rings. The summed E-state index contributed by atoms with van der Waals surface area (Å²) in [5, 5.41) is 7.17. The SMILES string of the molecule is CCCCCCOc1cc2c3cc(OCCCCCC)c(OCCCCCC)cc3c3nc4cc(C(=O)OCCCOC(=O)c5ccc6nc7c8cc(OCCCCCC)c(OCCCCCC)cc8c8cc(OCCCCCC)c(OCCCCCC)cc8c7nc6c5)ccc4nc3c2cc1OCCCCCC. The molecule has 0 saturated heterocycles. The molecule has 0 aliphatic carbocycles. The summed E-state index contributed by atoms with van der Waals surface area (Å²) in [4.78, 5) is 49.6. The number of ether oxygens (including phenoxy) is 10. The molecule has 10 aromatic rings. The second-order valence-corrected chi connectivity index (χ2v) is 29.5. The summed E-state index contributed by atoms with van der Waals surface area (Å²) in [5.74, 6) is 4.41. The van der Waals surface area contributed by atoms with Gasteiger partial charge < -0.3 is 47.4 Å². The molecule has 2 heterocycles. The molecule has 0 bridgehead atoms. The van der Waals surface area contributed by atoms with Crippen molar-refractivity contribution < 1.29 is 57.0 Å². The van der Waals surface area contributed by atoms with Crippen LogP contribution in [0.25, 0.3) is 87.2 Å². The van der Waals surface area contributed by atoms with Crippen molar-refractivity contribution in [2.24, 2.45) is 0 Å². The van der Waals surface area contributed by atoms with E-state index in [1.165, 1.54) is 0 Å². The smallest absolute Gasteiger partial charge is 0.338 e. The van der Waals surface area contributed by atoms with Crippen LogP contribution in [-0.2, 0) is 9.47 Å². The number of carbonyl (C=O) groups excluding carboxylic acids is 2. The van der Waals surface area contributed by atoms with E-state index in [-0.39, 0.29) is 19.6 Å². The number of rotatable bonds is 54. The molecule has 0 aliphatic heterocycles. The first-order chi connectivity index (χ1) is 53.6. The lowest BCUT2D eigenvalue weighted by Crippen LogP contribution is -2.11. The van der Waals surface area contributed by atoms with Gasteiger partial charge >= 0.3 is 11.9 Å². The molecule has 109 heavy (non-hydrogen) atoms. The minimum Gasteiger partial charge on any atom is -0.490 e. The molecule has 2 aromatic heterocycles. The van der Waals surface area contributed by atoms with Gasteiger partial charge in [0.1, 0.15) is 0 Å². The van der Waals surface area contributed by atoms with E-state index in [0.717, 1.165) is 249 Å². The van der Waals surface area contributed by atoms with Crippen LogP contribution in [0, 0.1) is 0 Å². The fourth-order valence-electron chi connectivity index (χ4n) is 14.2. The molecule has 0 N–H and O–H groups in total. The number of aromatic nitrogens is 4. The standard InChI is InChI=1S/C93H124N4O12/c1-9-17-25-33-46-100-80-58-68-70-60-82(102-48-35-27-19-11-3)86(106-52-39-31-23-15-7)64-74(70)90-88(72(68)62-84(80)104-50-37-29-21-13-5)94-76-44-42-66(56-78(76)96-90)92(98)108-54-41-55-109-93(99)67-43-45-77-79(57-67)97-91-75-65-87(107-53-40-32-24-16-8)83(103-49-36-28-20-12-4)61-71(75)69-59-81(101-47-34-26-18-10-2)85(63-73(69)89(91)95-77)105-51-38-30-22-14-6/h42-45,56-65H,9-41,46-55H2,1-8H3. The van der Waals surface area contributed by atoms with Crippen molar-refractivity contribution in [2.45, 2.75) is 267 Å². The largest absolute Gasteiger partial charge is 0.490 e. The molecule has 16 heteroatoms. The number of hydrogen-bond acceptors (Lipinski definition) is 16. The van der Waals surface area contributed by atoms with Crippen LogP contribution in [0.1, 0.15) is 288 Å². The van der Waals surface area contributed by atoms with Crippen LogP contribution >= 0.6 is 0 Å². The molecule has 16 nitrogen and oxygen atoms in total. The van der Waals surface area contributed by atoms with Crippen molar-refractivity contribution in [3.63, 3.8) is 0 Å². The molecule has 588 valence electrons. The molecule has 0 fully saturated rings. The third kappa shape index (κ3) is 23.2. The van der Waals surface area contributed by atoms with E-state index in [1.54, 1.807) is 24.3 Å². The Morgan fingerprint density at radius 3 is 0.633 bits per heavy atom. The van der Waals surface area contributed by atoms with E-state index in [9.17, 15) is 9.59 Å². The lowest BCUT2D eigenvalue weighted by Gasteiger charge is -2.19. The van der Waals surface area contributed by atoms with Gasteiger partial charge in [0.15, 0.2) is 46.0 Å². The van der Waals surface area contributed by atoms with Crippen LogP contribution in [0.5, 0.6) is 46.0 Å². The second kappa shape index (κ2) is 44.9. The van der Waals surface area contributed by atoms with Gasteiger partial charge in [-0.25, -0.2) is 29.5 Å². The molecule has 0 amide bonds. The fraction of sp³-hybridized carbons (Fsp3) is 0.548. The summed E-state index contributed by atoms with van der Waals surface area (Å²) in [6.07, 6.45) is 34.7. The van der Waals surface area contributed by atoms with E-state index >= 15 is 0 Å². The number of esters is 2. The maximum atomic E-state index is 14.1. The lowest BCUT2D eigenvalue weighted by molar-refractivity contribution is 0.0395. The van der Waals surface area contributed by atoms with Gasteiger partial charge in [-0.05, 0) is 158 Å². The van der Waals surface area contributed by atoms with Crippen LogP contribution in [0.3, 0.4) is 0 Å².